The van der Waals surface area contributed by atoms with Crippen LogP contribution >= 0.6 is 0 Å². The summed E-state index contributed by atoms with van der Waals surface area (Å²) in [6, 6.07) is 4.58. The van der Waals surface area contributed by atoms with Gasteiger partial charge in [-0.05, 0) is 80.0 Å². The van der Waals surface area contributed by atoms with Crippen LogP contribution in [-0.2, 0) is 26.3 Å². The Labute approximate surface area is 227 Å². The number of nitrogens with one attached hydrogen (secondary N) is 3. The molecule has 39 heavy (non-hydrogen) atoms. The lowest BCUT2D eigenvalue weighted by atomic mass is 9.79. The van der Waals surface area contributed by atoms with Crippen LogP contribution in [0.3, 0.4) is 0 Å². The Morgan fingerprint density at radius 1 is 1.13 bits per heavy atom. The van der Waals surface area contributed by atoms with Crippen molar-refractivity contribution in [2.45, 2.75) is 82.3 Å². The number of hydrogen-bond donors (Lipinski definition) is 3. The van der Waals surface area contributed by atoms with Gasteiger partial charge in [0.05, 0.1) is 11.7 Å². The van der Waals surface area contributed by atoms with Crippen LogP contribution in [0.4, 0.5) is 10.1 Å². The van der Waals surface area contributed by atoms with E-state index in [1.54, 1.807) is 23.0 Å². The summed E-state index contributed by atoms with van der Waals surface area (Å²) in [6.45, 7) is 2.86. The van der Waals surface area contributed by atoms with Crippen LogP contribution in [0.5, 0.6) is 0 Å². The molecule has 2 atom stereocenters. The van der Waals surface area contributed by atoms with Crippen molar-refractivity contribution in [2.75, 3.05) is 5.32 Å². The Balaban J connectivity index is 1.33. The van der Waals surface area contributed by atoms with Crippen LogP contribution in [-0.4, -0.2) is 46.4 Å². The predicted octanol–water partition coefficient (Wildman–Crippen LogP) is 3.34. The van der Waals surface area contributed by atoms with Gasteiger partial charge in [0, 0.05) is 18.2 Å². The fourth-order valence-electron chi connectivity index (χ4n) is 5.90. The van der Waals surface area contributed by atoms with E-state index in [0.29, 0.717) is 55.2 Å². The van der Waals surface area contributed by atoms with Crippen molar-refractivity contribution in [2.24, 2.45) is 17.8 Å². The lowest BCUT2D eigenvalue weighted by Gasteiger charge is -2.32. The van der Waals surface area contributed by atoms with Crippen molar-refractivity contribution in [1.29, 1.82) is 0 Å². The second-order valence-corrected chi connectivity index (χ2v) is 11.6. The van der Waals surface area contributed by atoms with Gasteiger partial charge in [0.15, 0.2) is 0 Å². The molecule has 1 aromatic heterocycles. The summed E-state index contributed by atoms with van der Waals surface area (Å²) in [5, 5.41) is 12.5. The van der Waals surface area contributed by atoms with Gasteiger partial charge in [-0.2, -0.15) is 5.10 Å². The Morgan fingerprint density at radius 2 is 1.87 bits per heavy atom. The van der Waals surface area contributed by atoms with E-state index in [2.05, 4.69) is 28.0 Å². The zero-order valence-corrected chi connectivity index (χ0v) is 22.2. The molecule has 3 aliphatic carbocycles. The van der Waals surface area contributed by atoms with Gasteiger partial charge in [-0.25, -0.2) is 4.39 Å². The van der Waals surface area contributed by atoms with Crippen LogP contribution in [0.25, 0.3) is 0 Å². The Hall–Kier alpha value is -3.56. The zero-order chi connectivity index (χ0) is 27.6. The van der Waals surface area contributed by atoms with Gasteiger partial charge in [-0.1, -0.05) is 25.8 Å². The number of carbonyl (C=O) groups is 4. The van der Waals surface area contributed by atoms with Crippen LogP contribution in [0.2, 0.25) is 0 Å². The third-order valence-electron chi connectivity index (χ3n) is 8.75. The molecule has 208 valence electrons. The summed E-state index contributed by atoms with van der Waals surface area (Å²) < 4.78 is 17.0. The Kier molecular flexibility index (Phi) is 7.81. The van der Waals surface area contributed by atoms with E-state index in [0.717, 1.165) is 38.5 Å². The minimum absolute atomic E-state index is 0.00718. The fraction of sp³-hybridized carbons (Fsp3) is 0.552. The van der Waals surface area contributed by atoms with E-state index in [1.807, 2.05) is 0 Å². The molecule has 0 radical (unpaired) electrons. The number of anilines is 1. The first-order valence-corrected chi connectivity index (χ1v) is 13.9. The van der Waals surface area contributed by atoms with Gasteiger partial charge in [-0.3, -0.25) is 19.1 Å². The van der Waals surface area contributed by atoms with Gasteiger partial charge < -0.3 is 20.7 Å². The summed E-state index contributed by atoms with van der Waals surface area (Å²) in [4.78, 5) is 49.3. The number of halogens is 1. The average molecular weight is 538 g/mol. The number of nitrogens with zero attached hydrogens (tertiary/aromatic N) is 2. The van der Waals surface area contributed by atoms with Gasteiger partial charge in [0.25, 0.3) is 5.91 Å². The summed E-state index contributed by atoms with van der Waals surface area (Å²) in [5.74, 6) is -0.424. The molecule has 3 amide bonds. The van der Waals surface area contributed by atoms with Crippen molar-refractivity contribution in [3.63, 3.8) is 0 Å². The summed E-state index contributed by atoms with van der Waals surface area (Å²) in [6.07, 6.45) is 9.79. The van der Waals surface area contributed by atoms with E-state index in [4.69, 9.17) is 0 Å². The van der Waals surface area contributed by atoms with Crippen molar-refractivity contribution < 1.29 is 23.6 Å². The molecule has 3 fully saturated rings. The molecule has 3 aliphatic rings. The topological polar surface area (TPSA) is 122 Å². The maximum Gasteiger partial charge on any atom is 0.270 e. The lowest BCUT2D eigenvalue weighted by Crippen LogP contribution is -2.49. The second-order valence-electron chi connectivity index (χ2n) is 11.6. The first kappa shape index (κ1) is 27.0. The molecule has 0 aliphatic heterocycles. The minimum Gasteiger partial charge on any atom is -0.348 e. The highest BCUT2D eigenvalue weighted by Crippen LogP contribution is 2.51. The number of amides is 3. The van der Waals surface area contributed by atoms with E-state index in [9.17, 15) is 19.2 Å². The molecule has 0 bridgehead atoms. The third kappa shape index (κ3) is 5.89. The van der Waals surface area contributed by atoms with Gasteiger partial charge in [0.1, 0.15) is 23.8 Å². The molecule has 5 rings (SSSR count). The summed E-state index contributed by atoms with van der Waals surface area (Å²) in [7, 11) is 0. The first-order chi connectivity index (χ1) is 18.8. The number of aromatic nitrogens is 2. The monoisotopic (exact) mass is 537 g/mol. The van der Waals surface area contributed by atoms with Crippen LogP contribution < -0.4 is 16.0 Å². The average Bonchev–Trinajstić information content (AvgIpc) is 3.86. The molecule has 2 aromatic rings. The largest absolute Gasteiger partial charge is 0.348 e. The van der Waals surface area contributed by atoms with E-state index >= 15 is 4.39 Å². The highest BCUT2D eigenvalue weighted by molar-refractivity contribution is 6.00. The fourth-order valence-corrected chi connectivity index (χ4v) is 5.90. The highest BCUT2D eigenvalue weighted by Gasteiger charge is 2.51. The predicted molar refractivity (Wildman–Crippen MR) is 142 cm³/mol. The zero-order valence-electron chi connectivity index (χ0n) is 22.2. The molecule has 3 saturated carbocycles. The molecule has 9 nitrogen and oxygen atoms in total. The quantitative estimate of drug-likeness (QED) is 0.359. The second kappa shape index (κ2) is 11.3. The molecular weight excluding hydrogens is 501 g/mol. The highest BCUT2D eigenvalue weighted by atomic mass is 19.1. The molecule has 1 aromatic carbocycles. The standard InChI is InChI=1S/C29H36FN5O4/c1-18-2-6-20(7-3-18)26(34-27(38)24-10-13-32-35(24)15-19-4-5-19)28(39)33-23-9-8-21(14-22(23)30)29(11-12-29)25(16-36)31-17-37/h8-10,13-14,16-20,25-26H,2-7,11-12,15H2,1H3,(H,31,37)(H,33,39)(H,34,38). The van der Waals surface area contributed by atoms with E-state index < -0.39 is 29.2 Å². The number of rotatable bonds is 12. The summed E-state index contributed by atoms with van der Waals surface area (Å²) in [5.41, 5.74) is 0.389. The van der Waals surface area contributed by atoms with Crippen LogP contribution in [0, 0.1) is 23.6 Å². The van der Waals surface area contributed by atoms with Gasteiger partial charge in [0.2, 0.25) is 12.3 Å². The molecule has 2 unspecified atom stereocenters. The first-order valence-electron chi connectivity index (χ1n) is 13.9. The van der Waals surface area contributed by atoms with Crippen molar-refractivity contribution >= 4 is 30.2 Å². The normalized spacial score (nSPS) is 23.2. The molecule has 10 heteroatoms. The van der Waals surface area contributed by atoms with Crippen molar-refractivity contribution in [3.8, 4) is 0 Å². The Bertz CT molecular complexity index is 1230. The molecule has 0 saturated heterocycles. The van der Waals surface area contributed by atoms with Crippen LogP contribution in [0.1, 0.15) is 74.3 Å². The maximum absolute atomic E-state index is 15.3. The molecule has 1 heterocycles. The van der Waals surface area contributed by atoms with Crippen LogP contribution in [0.15, 0.2) is 30.5 Å². The number of benzene rings is 1. The number of carbonyl (C=O) groups excluding carboxylic acids is 4. The van der Waals surface area contributed by atoms with Crippen molar-refractivity contribution in [1.82, 2.24) is 20.4 Å². The van der Waals surface area contributed by atoms with E-state index in [1.165, 1.54) is 12.1 Å². The molecule has 0 spiro atoms. The molecular formula is C29H36FN5O4. The number of aldehydes is 1. The minimum atomic E-state index is -0.820. The third-order valence-corrected chi connectivity index (χ3v) is 8.75. The van der Waals surface area contributed by atoms with Gasteiger partial charge >= 0.3 is 0 Å². The van der Waals surface area contributed by atoms with Gasteiger partial charge in [-0.15, -0.1) is 0 Å². The smallest absolute Gasteiger partial charge is 0.270 e. The Morgan fingerprint density at radius 3 is 2.49 bits per heavy atom. The van der Waals surface area contributed by atoms with Crippen molar-refractivity contribution in [3.05, 3.63) is 47.5 Å². The summed E-state index contributed by atoms with van der Waals surface area (Å²) >= 11 is 0. The van der Waals surface area contributed by atoms with E-state index in [-0.39, 0.29) is 17.5 Å². The lowest BCUT2D eigenvalue weighted by molar-refractivity contribution is -0.119. The number of hydrogen-bond acceptors (Lipinski definition) is 5. The molecule has 3 N–H and O–H groups in total. The SMILES string of the molecule is CC1CCC(C(NC(=O)c2ccnn2CC2CC2)C(=O)Nc2ccc(C3(C(C=O)NC=O)CC3)cc2F)CC1. The maximum atomic E-state index is 15.3.